The molecule has 1 fully saturated rings. The standard InChI is InChI=1S/C14H26N4O2S/c1-4-12(2)17-5-7-18(8-6-17)21(19,20)14-9-13(10-15)16(3)11-14/h9,11-12H,4-8,10,15H2,1-3H3. The summed E-state index contributed by atoms with van der Waals surface area (Å²) in [7, 11) is -1.58. The molecule has 2 rings (SSSR count). The number of aromatic nitrogens is 1. The van der Waals surface area contributed by atoms with Crippen LogP contribution in [0.2, 0.25) is 0 Å². The van der Waals surface area contributed by atoms with Crippen LogP contribution >= 0.6 is 0 Å². The van der Waals surface area contributed by atoms with Crippen molar-refractivity contribution in [1.29, 1.82) is 0 Å². The highest BCUT2D eigenvalue weighted by Crippen LogP contribution is 2.20. The van der Waals surface area contributed by atoms with Crippen LogP contribution in [0.5, 0.6) is 0 Å². The van der Waals surface area contributed by atoms with Crippen molar-refractivity contribution in [3.8, 4) is 0 Å². The fourth-order valence-corrected chi connectivity index (χ4v) is 4.23. The summed E-state index contributed by atoms with van der Waals surface area (Å²) in [6.45, 7) is 7.39. The van der Waals surface area contributed by atoms with E-state index >= 15 is 0 Å². The number of hydrogen-bond acceptors (Lipinski definition) is 4. The lowest BCUT2D eigenvalue weighted by atomic mass is 10.2. The fraction of sp³-hybridized carbons (Fsp3) is 0.714. The number of aryl methyl sites for hydroxylation is 1. The van der Waals surface area contributed by atoms with Crippen molar-refractivity contribution in [2.45, 2.75) is 37.8 Å². The monoisotopic (exact) mass is 314 g/mol. The normalized spacial score (nSPS) is 19.8. The highest BCUT2D eigenvalue weighted by atomic mass is 32.2. The van der Waals surface area contributed by atoms with Crippen molar-refractivity contribution in [3.05, 3.63) is 18.0 Å². The zero-order valence-corrected chi connectivity index (χ0v) is 13.9. The van der Waals surface area contributed by atoms with Gasteiger partial charge >= 0.3 is 0 Å². The first-order chi connectivity index (χ1) is 9.90. The quantitative estimate of drug-likeness (QED) is 0.863. The molecule has 1 unspecified atom stereocenters. The number of rotatable bonds is 5. The Balaban J connectivity index is 2.11. The molecule has 2 N–H and O–H groups in total. The van der Waals surface area contributed by atoms with E-state index in [9.17, 15) is 8.42 Å². The minimum absolute atomic E-state index is 0.341. The van der Waals surface area contributed by atoms with E-state index in [1.165, 1.54) is 0 Å². The highest BCUT2D eigenvalue weighted by molar-refractivity contribution is 7.89. The average molecular weight is 314 g/mol. The van der Waals surface area contributed by atoms with Crippen molar-refractivity contribution in [1.82, 2.24) is 13.8 Å². The van der Waals surface area contributed by atoms with Crippen LogP contribution < -0.4 is 5.73 Å². The van der Waals surface area contributed by atoms with Gasteiger partial charge in [0.2, 0.25) is 10.0 Å². The minimum Gasteiger partial charge on any atom is -0.352 e. The van der Waals surface area contributed by atoms with Gasteiger partial charge in [0.05, 0.1) is 0 Å². The van der Waals surface area contributed by atoms with Gasteiger partial charge < -0.3 is 10.3 Å². The molecule has 6 nitrogen and oxygen atoms in total. The van der Waals surface area contributed by atoms with Gasteiger partial charge in [-0.15, -0.1) is 0 Å². The third kappa shape index (κ3) is 3.31. The maximum absolute atomic E-state index is 12.7. The van der Waals surface area contributed by atoms with Crippen LogP contribution in [0, 0.1) is 0 Å². The fourth-order valence-electron chi connectivity index (χ4n) is 2.71. The molecule has 1 aliphatic heterocycles. The molecule has 0 aliphatic carbocycles. The Morgan fingerprint density at radius 3 is 2.38 bits per heavy atom. The maximum atomic E-state index is 12.7. The van der Waals surface area contributed by atoms with Gasteiger partial charge in [-0.1, -0.05) is 6.92 Å². The summed E-state index contributed by atoms with van der Waals surface area (Å²) in [4.78, 5) is 2.70. The maximum Gasteiger partial charge on any atom is 0.244 e. The second kappa shape index (κ2) is 6.48. The van der Waals surface area contributed by atoms with E-state index < -0.39 is 10.0 Å². The zero-order valence-electron chi connectivity index (χ0n) is 13.1. The molecule has 0 spiro atoms. The van der Waals surface area contributed by atoms with Crippen molar-refractivity contribution < 1.29 is 8.42 Å². The molecule has 0 bridgehead atoms. The van der Waals surface area contributed by atoms with Crippen LogP contribution in [-0.2, 0) is 23.6 Å². The Labute approximate surface area is 127 Å². The molecule has 120 valence electrons. The molecule has 0 aromatic carbocycles. The first-order valence-electron chi connectivity index (χ1n) is 7.49. The van der Waals surface area contributed by atoms with Gasteiger partial charge in [-0.25, -0.2) is 8.42 Å². The van der Waals surface area contributed by atoms with Crippen molar-refractivity contribution in [3.63, 3.8) is 0 Å². The number of sulfonamides is 1. The topological polar surface area (TPSA) is 71.6 Å². The first-order valence-corrected chi connectivity index (χ1v) is 8.93. The van der Waals surface area contributed by atoms with E-state index in [1.807, 2.05) is 7.05 Å². The summed E-state index contributed by atoms with van der Waals surface area (Å²) in [6.07, 6.45) is 2.74. The van der Waals surface area contributed by atoms with E-state index in [0.29, 0.717) is 30.6 Å². The lowest BCUT2D eigenvalue weighted by Crippen LogP contribution is -2.51. The molecule has 0 radical (unpaired) electrons. The summed E-state index contributed by atoms with van der Waals surface area (Å²) in [6, 6.07) is 2.19. The van der Waals surface area contributed by atoms with Gasteiger partial charge in [0.15, 0.2) is 0 Å². The lowest BCUT2D eigenvalue weighted by molar-refractivity contribution is 0.142. The SMILES string of the molecule is CCC(C)N1CCN(S(=O)(=O)c2cc(CN)n(C)c2)CC1. The van der Waals surface area contributed by atoms with E-state index in [2.05, 4.69) is 18.7 Å². The summed E-state index contributed by atoms with van der Waals surface area (Å²) in [5.74, 6) is 0. The molecule has 1 aromatic rings. The number of hydrogen-bond donors (Lipinski definition) is 1. The largest absolute Gasteiger partial charge is 0.352 e. The lowest BCUT2D eigenvalue weighted by Gasteiger charge is -2.37. The van der Waals surface area contributed by atoms with Gasteiger partial charge in [-0.2, -0.15) is 4.31 Å². The predicted octanol–water partition coefficient (Wildman–Crippen LogP) is 0.589. The van der Waals surface area contributed by atoms with Crippen molar-refractivity contribution >= 4 is 10.0 Å². The summed E-state index contributed by atoms with van der Waals surface area (Å²) < 4.78 is 28.7. The molecule has 1 aromatic heterocycles. The average Bonchev–Trinajstić information content (AvgIpc) is 2.88. The summed E-state index contributed by atoms with van der Waals surface area (Å²) in [5, 5.41) is 0. The van der Waals surface area contributed by atoms with Crippen molar-refractivity contribution in [2.24, 2.45) is 12.8 Å². The van der Waals surface area contributed by atoms with Gasteiger partial charge in [0.1, 0.15) is 4.90 Å². The molecule has 21 heavy (non-hydrogen) atoms. The highest BCUT2D eigenvalue weighted by Gasteiger charge is 2.30. The summed E-state index contributed by atoms with van der Waals surface area (Å²) >= 11 is 0. The number of nitrogens with zero attached hydrogens (tertiary/aromatic N) is 3. The molecule has 1 aliphatic rings. The Morgan fingerprint density at radius 2 is 1.90 bits per heavy atom. The van der Waals surface area contributed by atoms with Crippen LogP contribution in [0.3, 0.4) is 0 Å². The van der Waals surface area contributed by atoms with Crippen LogP contribution in [0.25, 0.3) is 0 Å². The molecule has 0 saturated carbocycles. The van der Waals surface area contributed by atoms with E-state index in [-0.39, 0.29) is 0 Å². The van der Waals surface area contributed by atoms with Gasteiger partial charge in [0.25, 0.3) is 0 Å². The zero-order chi connectivity index (χ0) is 15.6. The predicted molar refractivity (Wildman–Crippen MR) is 83.4 cm³/mol. The first kappa shape index (κ1) is 16.5. The van der Waals surface area contributed by atoms with Crippen LogP contribution in [0.4, 0.5) is 0 Å². The molecular weight excluding hydrogens is 288 g/mol. The Kier molecular flexibility index (Phi) is 5.08. The van der Waals surface area contributed by atoms with Gasteiger partial charge in [-0.05, 0) is 19.4 Å². The molecule has 1 atom stereocenters. The van der Waals surface area contributed by atoms with Gasteiger partial charge in [0, 0.05) is 57.7 Å². The Hall–Kier alpha value is -0.890. The van der Waals surface area contributed by atoms with Gasteiger partial charge in [-0.3, -0.25) is 4.90 Å². The third-order valence-electron chi connectivity index (χ3n) is 4.42. The molecule has 2 heterocycles. The van der Waals surface area contributed by atoms with Crippen molar-refractivity contribution in [2.75, 3.05) is 26.2 Å². The van der Waals surface area contributed by atoms with E-state index in [1.54, 1.807) is 21.1 Å². The Morgan fingerprint density at radius 1 is 1.29 bits per heavy atom. The third-order valence-corrected chi connectivity index (χ3v) is 6.28. The second-order valence-corrected chi connectivity index (χ2v) is 7.62. The molecule has 1 saturated heterocycles. The Bertz CT molecular complexity index is 574. The van der Waals surface area contributed by atoms with E-state index in [0.717, 1.165) is 25.2 Å². The second-order valence-electron chi connectivity index (χ2n) is 5.68. The smallest absolute Gasteiger partial charge is 0.244 e. The number of nitrogens with two attached hydrogens (primary N) is 1. The molecular formula is C14H26N4O2S. The molecule has 0 amide bonds. The molecule has 7 heteroatoms. The van der Waals surface area contributed by atoms with Crippen LogP contribution in [-0.4, -0.2) is 54.4 Å². The minimum atomic E-state index is -3.40. The summed E-state index contributed by atoms with van der Waals surface area (Å²) in [5.41, 5.74) is 6.44. The van der Waals surface area contributed by atoms with E-state index in [4.69, 9.17) is 5.73 Å². The number of piperazine rings is 1. The van der Waals surface area contributed by atoms with Crippen LogP contribution in [0.1, 0.15) is 26.0 Å². The van der Waals surface area contributed by atoms with Crippen LogP contribution in [0.15, 0.2) is 17.2 Å².